The van der Waals surface area contributed by atoms with Crippen LogP contribution in [0.1, 0.15) is 18.1 Å². The van der Waals surface area contributed by atoms with Crippen LogP contribution in [0.4, 0.5) is 0 Å². The zero-order valence-electron chi connectivity index (χ0n) is 12.2. The van der Waals surface area contributed by atoms with Crippen LogP contribution in [0.5, 0.6) is 11.5 Å². The van der Waals surface area contributed by atoms with Crippen molar-refractivity contribution in [2.45, 2.75) is 20.0 Å². The molecule has 0 unspecified atom stereocenters. The molecule has 0 fully saturated rings. The second-order valence-electron chi connectivity index (χ2n) is 4.50. The predicted molar refractivity (Wildman–Crippen MR) is 86.6 cm³/mol. The third-order valence-electron chi connectivity index (χ3n) is 2.99. The Morgan fingerprint density at radius 1 is 1.14 bits per heavy atom. The summed E-state index contributed by atoms with van der Waals surface area (Å²) in [6.45, 7) is 4.12. The number of rotatable bonds is 7. The Morgan fingerprint density at radius 3 is 2.52 bits per heavy atom. The highest BCUT2D eigenvalue weighted by molar-refractivity contribution is 9.10. The number of halogens is 1. The highest BCUT2D eigenvalue weighted by atomic mass is 79.9. The van der Waals surface area contributed by atoms with Crippen molar-refractivity contribution in [3.63, 3.8) is 0 Å². The minimum absolute atomic E-state index is 0.606. The van der Waals surface area contributed by atoms with Gasteiger partial charge in [0.15, 0.2) is 11.5 Å². The molecule has 1 aromatic heterocycles. The molecule has 1 aromatic carbocycles. The van der Waals surface area contributed by atoms with Crippen LogP contribution in [-0.2, 0) is 13.1 Å². The minimum atomic E-state index is 0.606. The quantitative estimate of drug-likeness (QED) is 0.829. The van der Waals surface area contributed by atoms with E-state index in [4.69, 9.17) is 9.47 Å². The Labute approximate surface area is 133 Å². The molecule has 1 heterocycles. The summed E-state index contributed by atoms with van der Waals surface area (Å²) >= 11 is 3.54. The molecule has 1 N–H and O–H groups in total. The summed E-state index contributed by atoms with van der Waals surface area (Å²) in [6, 6.07) is 8.05. The Kier molecular flexibility index (Phi) is 6.02. The lowest BCUT2D eigenvalue weighted by atomic mass is 10.2. The van der Waals surface area contributed by atoms with Gasteiger partial charge in [0.1, 0.15) is 0 Å². The highest BCUT2D eigenvalue weighted by Crippen LogP contribution is 2.36. The van der Waals surface area contributed by atoms with Crippen LogP contribution >= 0.6 is 15.9 Å². The van der Waals surface area contributed by atoms with Crippen molar-refractivity contribution in [2.75, 3.05) is 13.7 Å². The molecule has 0 spiro atoms. The predicted octanol–water partition coefficient (Wildman–Crippen LogP) is 3.54. The molecule has 0 bridgehead atoms. The molecular formula is C16H19BrN2O2. The van der Waals surface area contributed by atoms with Gasteiger partial charge in [-0.05, 0) is 58.2 Å². The molecule has 4 nitrogen and oxygen atoms in total. The largest absolute Gasteiger partial charge is 0.493 e. The van der Waals surface area contributed by atoms with E-state index in [1.165, 1.54) is 5.56 Å². The third kappa shape index (κ3) is 4.44. The maximum absolute atomic E-state index is 5.59. The van der Waals surface area contributed by atoms with E-state index in [2.05, 4.69) is 26.2 Å². The summed E-state index contributed by atoms with van der Waals surface area (Å²) in [5.74, 6) is 1.49. The van der Waals surface area contributed by atoms with E-state index in [0.29, 0.717) is 6.61 Å². The number of pyridine rings is 1. The Balaban J connectivity index is 2.02. The van der Waals surface area contributed by atoms with E-state index in [0.717, 1.165) is 34.6 Å². The molecule has 0 amide bonds. The zero-order valence-corrected chi connectivity index (χ0v) is 13.8. The SMILES string of the molecule is CCOc1c(Br)cc(CNCc2ccncc2)cc1OC. The van der Waals surface area contributed by atoms with Gasteiger partial charge in [-0.1, -0.05) is 0 Å². The first kappa shape index (κ1) is 15.8. The van der Waals surface area contributed by atoms with Gasteiger partial charge in [0, 0.05) is 25.5 Å². The number of nitrogens with one attached hydrogen (secondary N) is 1. The minimum Gasteiger partial charge on any atom is -0.493 e. The molecule has 0 atom stereocenters. The summed E-state index contributed by atoms with van der Waals surface area (Å²) in [4.78, 5) is 4.01. The average molecular weight is 351 g/mol. The lowest BCUT2D eigenvalue weighted by Gasteiger charge is -2.13. The smallest absolute Gasteiger partial charge is 0.175 e. The number of benzene rings is 1. The maximum atomic E-state index is 5.59. The fourth-order valence-corrected chi connectivity index (χ4v) is 2.62. The average Bonchev–Trinajstić information content (AvgIpc) is 2.51. The van der Waals surface area contributed by atoms with E-state index in [-0.39, 0.29) is 0 Å². The normalized spacial score (nSPS) is 10.4. The first-order valence-corrected chi connectivity index (χ1v) is 7.62. The number of hydrogen-bond donors (Lipinski definition) is 1. The van der Waals surface area contributed by atoms with Gasteiger partial charge < -0.3 is 14.8 Å². The van der Waals surface area contributed by atoms with Crippen LogP contribution in [0.25, 0.3) is 0 Å². The number of methoxy groups -OCH3 is 1. The van der Waals surface area contributed by atoms with Gasteiger partial charge in [-0.2, -0.15) is 0 Å². The Hall–Kier alpha value is -1.59. The molecule has 21 heavy (non-hydrogen) atoms. The van der Waals surface area contributed by atoms with Crippen LogP contribution in [0.2, 0.25) is 0 Å². The Morgan fingerprint density at radius 2 is 1.86 bits per heavy atom. The number of ether oxygens (including phenoxy) is 2. The van der Waals surface area contributed by atoms with Crippen LogP contribution in [-0.4, -0.2) is 18.7 Å². The van der Waals surface area contributed by atoms with Crippen molar-refractivity contribution in [1.29, 1.82) is 0 Å². The zero-order chi connectivity index (χ0) is 15.1. The monoisotopic (exact) mass is 350 g/mol. The molecule has 2 rings (SSSR count). The molecule has 0 aliphatic rings. The summed E-state index contributed by atoms with van der Waals surface area (Å²) in [6.07, 6.45) is 3.60. The van der Waals surface area contributed by atoms with Crippen molar-refractivity contribution >= 4 is 15.9 Å². The van der Waals surface area contributed by atoms with E-state index >= 15 is 0 Å². The lowest BCUT2D eigenvalue weighted by molar-refractivity contribution is 0.308. The first-order valence-electron chi connectivity index (χ1n) is 6.83. The van der Waals surface area contributed by atoms with Crippen molar-refractivity contribution in [1.82, 2.24) is 10.3 Å². The summed E-state index contributed by atoms with van der Waals surface area (Å²) in [7, 11) is 1.65. The van der Waals surface area contributed by atoms with Crippen LogP contribution < -0.4 is 14.8 Å². The molecule has 0 radical (unpaired) electrons. The van der Waals surface area contributed by atoms with Crippen molar-refractivity contribution in [3.05, 3.63) is 52.3 Å². The van der Waals surface area contributed by atoms with Gasteiger partial charge >= 0.3 is 0 Å². The van der Waals surface area contributed by atoms with E-state index in [1.54, 1.807) is 19.5 Å². The number of aromatic nitrogens is 1. The second-order valence-corrected chi connectivity index (χ2v) is 5.36. The van der Waals surface area contributed by atoms with Crippen LogP contribution in [0, 0.1) is 0 Å². The molecule has 112 valence electrons. The summed E-state index contributed by atoms with van der Waals surface area (Å²) in [5, 5.41) is 3.40. The standard InChI is InChI=1S/C16H19BrN2O2/c1-3-21-16-14(17)8-13(9-15(16)20-2)11-19-10-12-4-6-18-7-5-12/h4-9,19H,3,10-11H2,1-2H3. The van der Waals surface area contributed by atoms with Gasteiger partial charge in [0.05, 0.1) is 18.2 Å². The molecular weight excluding hydrogens is 332 g/mol. The van der Waals surface area contributed by atoms with E-state index in [9.17, 15) is 0 Å². The Bertz CT molecular complexity index is 576. The topological polar surface area (TPSA) is 43.4 Å². The fourth-order valence-electron chi connectivity index (χ4n) is 2.01. The van der Waals surface area contributed by atoms with E-state index < -0.39 is 0 Å². The van der Waals surface area contributed by atoms with Crippen molar-refractivity contribution in [3.8, 4) is 11.5 Å². The first-order chi connectivity index (χ1) is 10.2. The summed E-state index contributed by atoms with van der Waals surface area (Å²) in [5.41, 5.74) is 2.35. The van der Waals surface area contributed by atoms with Gasteiger partial charge in [-0.25, -0.2) is 0 Å². The van der Waals surface area contributed by atoms with Gasteiger partial charge in [0.2, 0.25) is 0 Å². The van der Waals surface area contributed by atoms with Gasteiger partial charge in [-0.15, -0.1) is 0 Å². The third-order valence-corrected chi connectivity index (χ3v) is 3.57. The summed E-state index contributed by atoms with van der Waals surface area (Å²) < 4.78 is 11.9. The number of hydrogen-bond acceptors (Lipinski definition) is 4. The second kappa shape index (κ2) is 8.00. The fraction of sp³-hybridized carbons (Fsp3) is 0.312. The molecule has 2 aromatic rings. The maximum Gasteiger partial charge on any atom is 0.175 e. The molecule has 0 aliphatic carbocycles. The van der Waals surface area contributed by atoms with Gasteiger partial charge in [-0.3, -0.25) is 4.98 Å². The number of nitrogens with zero attached hydrogens (tertiary/aromatic N) is 1. The van der Waals surface area contributed by atoms with Crippen molar-refractivity contribution in [2.24, 2.45) is 0 Å². The van der Waals surface area contributed by atoms with Crippen LogP contribution in [0.3, 0.4) is 0 Å². The van der Waals surface area contributed by atoms with Gasteiger partial charge in [0.25, 0.3) is 0 Å². The van der Waals surface area contributed by atoms with Crippen LogP contribution in [0.15, 0.2) is 41.1 Å². The van der Waals surface area contributed by atoms with Crippen molar-refractivity contribution < 1.29 is 9.47 Å². The molecule has 0 aliphatic heterocycles. The molecule has 0 saturated carbocycles. The molecule has 5 heteroatoms. The molecule has 0 saturated heterocycles. The van der Waals surface area contributed by atoms with E-state index in [1.807, 2.05) is 31.2 Å². The highest BCUT2D eigenvalue weighted by Gasteiger charge is 2.11. The lowest BCUT2D eigenvalue weighted by Crippen LogP contribution is -2.13.